The van der Waals surface area contributed by atoms with Crippen molar-refractivity contribution in [3.63, 3.8) is 0 Å². The molecule has 0 spiro atoms. The molecule has 5 heteroatoms. The van der Waals surface area contributed by atoms with Crippen molar-refractivity contribution in [2.45, 2.75) is 6.92 Å². The molecule has 2 heterocycles. The molecule has 2 aromatic heterocycles. The molecule has 0 N–H and O–H groups in total. The van der Waals surface area contributed by atoms with Gasteiger partial charge in [-0.1, -0.05) is 12.0 Å². The van der Waals surface area contributed by atoms with Crippen LogP contribution < -0.4 is 0 Å². The Balaban J connectivity index is 2.03. The topological polar surface area (TPSA) is 56.5 Å². The molecule has 3 rings (SSSR count). The van der Waals surface area contributed by atoms with E-state index in [2.05, 4.69) is 21.9 Å². The molecule has 1 aromatic carbocycles. The molecular weight excluding hydrogens is 278 g/mol. The average molecular weight is 291 g/mol. The number of aromatic nitrogens is 3. The monoisotopic (exact) mass is 291 g/mol. The molecule has 0 radical (unpaired) electrons. The smallest absolute Gasteiger partial charge is 0.338 e. The van der Waals surface area contributed by atoms with Crippen LogP contribution in [0.5, 0.6) is 0 Å². The molecule has 0 atom stereocenters. The number of carbonyl (C=O) groups excluding carboxylic acids is 1. The number of esters is 1. The minimum atomic E-state index is -0.363. The summed E-state index contributed by atoms with van der Waals surface area (Å²) in [5, 5.41) is 4.21. The van der Waals surface area contributed by atoms with E-state index in [9.17, 15) is 4.79 Å². The second-order valence-electron chi connectivity index (χ2n) is 4.66. The molecule has 5 nitrogen and oxygen atoms in total. The third-order valence-corrected chi connectivity index (χ3v) is 3.34. The quantitative estimate of drug-likeness (QED) is 0.509. The molecule has 3 aromatic rings. The number of hydrogen-bond donors (Lipinski definition) is 0. The Hall–Kier alpha value is -3.13. The molecule has 0 fully saturated rings. The van der Waals surface area contributed by atoms with Crippen LogP contribution in [-0.4, -0.2) is 27.7 Å². The van der Waals surface area contributed by atoms with Crippen molar-refractivity contribution >= 4 is 11.6 Å². The van der Waals surface area contributed by atoms with E-state index in [1.54, 1.807) is 29.0 Å². The van der Waals surface area contributed by atoms with Crippen LogP contribution in [0.3, 0.4) is 0 Å². The molecule has 108 valence electrons. The molecule has 0 bridgehead atoms. The molecule has 0 unspecified atom stereocenters. The van der Waals surface area contributed by atoms with Gasteiger partial charge < -0.3 is 4.74 Å². The number of ether oxygens (including phenoxy) is 1. The van der Waals surface area contributed by atoms with Gasteiger partial charge in [-0.25, -0.2) is 14.3 Å². The minimum absolute atomic E-state index is 0.363. The number of carbonyl (C=O) groups is 1. The lowest BCUT2D eigenvalue weighted by atomic mass is 10.0. The van der Waals surface area contributed by atoms with Gasteiger partial charge in [-0.2, -0.15) is 5.10 Å². The van der Waals surface area contributed by atoms with Crippen molar-refractivity contribution in [2.24, 2.45) is 0 Å². The molecule has 0 aliphatic heterocycles. The van der Waals surface area contributed by atoms with Crippen LogP contribution in [-0.2, 0) is 4.74 Å². The number of imidazole rings is 1. The van der Waals surface area contributed by atoms with E-state index in [4.69, 9.17) is 4.74 Å². The lowest BCUT2D eigenvalue weighted by molar-refractivity contribution is 0.0600. The Morgan fingerprint density at radius 2 is 2.09 bits per heavy atom. The summed E-state index contributed by atoms with van der Waals surface area (Å²) in [6, 6.07) is 9.06. The summed E-state index contributed by atoms with van der Waals surface area (Å²) >= 11 is 0. The largest absolute Gasteiger partial charge is 0.465 e. The van der Waals surface area contributed by atoms with E-state index >= 15 is 0 Å². The number of hydrogen-bond acceptors (Lipinski definition) is 4. The van der Waals surface area contributed by atoms with Crippen LogP contribution >= 0.6 is 0 Å². The van der Waals surface area contributed by atoms with Crippen LogP contribution in [0.25, 0.3) is 5.65 Å². The van der Waals surface area contributed by atoms with Gasteiger partial charge in [-0.3, -0.25) is 0 Å². The van der Waals surface area contributed by atoms with E-state index in [0.717, 1.165) is 16.8 Å². The van der Waals surface area contributed by atoms with Gasteiger partial charge in [0, 0.05) is 11.8 Å². The first-order valence-corrected chi connectivity index (χ1v) is 6.69. The van der Waals surface area contributed by atoms with E-state index in [-0.39, 0.29) is 5.97 Å². The number of methoxy groups -OCH3 is 1. The van der Waals surface area contributed by atoms with Crippen LogP contribution in [0.15, 0.2) is 42.7 Å². The second-order valence-corrected chi connectivity index (χ2v) is 4.66. The SMILES string of the molecule is COC(=O)c1cccc(C#Cc2cnc3cccnn23)c1C. The predicted octanol–water partition coefficient (Wildman–Crippen LogP) is 2.22. The first-order chi connectivity index (χ1) is 10.7. The van der Waals surface area contributed by atoms with Gasteiger partial charge in [0.2, 0.25) is 0 Å². The third-order valence-electron chi connectivity index (χ3n) is 3.34. The first kappa shape index (κ1) is 13.8. The Kier molecular flexibility index (Phi) is 3.58. The molecule has 0 amide bonds. The van der Waals surface area contributed by atoms with Crippen molar-refractivity contribution in [3.8, 4) is 11.8 Å². The van der Waals surface area contributed by atoms with Crippen LogP contribution in [0.1, 0.15) is 27.2 Å². The lowest BCUT2D eigenvalue weighted by Gasteiger charge is -2.05. The van der Waals surface area contributed by atoms with Gasteiger partial charge in [0.1, 0.15) is 5.69 Å². The maximum absolute atomic E-state index is 11.7. The van der Waals surface area contributed by atoms with Crippen molar-refractivity contribution in [2.75, 3.05) is 7.11 Å². The van der Waals surface area contributed by atoms with Gasteiger partial charge in [0.05, 0.1) is 18.9 Å². The molecule has 0 aliphatic carbocycles. The molecule has 0 aliphatic rings. The van der Waals surface area contributed by atoms with Gasteiger partial charge in [-0.15, -0.1) is 0 Å². The summed E-state index contributed by atoms with van der Waals surface area (Å²) in [6.07, 6.45) is 3.36. The number of nitrogens with zero attached hydrogens (tertiary/aromatic N) is 3. The zero-order chi connectivity index (χ0) is 15.5. The summed E-state index contributed by atoms with van der Waals surface area (Å²) in [6.45, 7) is 1.85. The van der Waals surface area contributed by atoms with Crippen LogP contribution in [0.2, 0.25) is 0 Å². The predicted molar refractivity (Wildman–Crippen MR) is 81.5 cm³/mol. The number of rotatable bonds is 1. The fourth-order valence-electron chi connectivity index (χ4n) is 2.15. The summed E-state index contributed by atoms with van der Waals surface area (Å²) in [7, 11) is 1.37. The van der Waals surface area contributed by atoms with Crippen molar-refractivity contribution in [1.29, 1.82) is 0 Å². The number of fused-ring (bicyclic) bond motifs is 1. The third kappa shape index (κ3) is 2.42. The highest BCUT2D eigenvalue weighted by Crippen LogP contribution is 2.14. The maximum atomic E-state index is 11.7. The normalized spacial score (nSPS) is 10.1. The maximum Gasteiger partial charge on any atom is 0.338 e. The summed E-state index contributed by atoms with van der Waals surface area (Å²) < 4.78 is 6.44. The minimum Gasteiger partial charge on any atom is -0.465 e. The Bertz CT molecular complexity index is 916. The van der Waals surface area contributed by atoms with Crippen LogP contribution in [0.4, 0.5) is 0 Å². The Labute approximate surface area is 127 Å². The molecular formula is C17H13N3O2. The standard InChI is InChI=1S/C17H13N3O2/c1-12-13(5-3-6-15(12)17(21)22-2)8-9-14-11-18-16-7-4-10-19-20(14)16/h3-7,10-11H,1-2H3. The van der Waals surface area contributed by atoms with E-state index in [1.165, 1.54) is 7.11 Å². The highest BCUT2D eigenvalue weighted by atomic mass is 16.5. The Morgan fingerprint density at radius 3 is 2.91 bits per heavy atom. The zero-order valence-electron chi connectivity index (χ0n) is 12.2. The fraction of sp³-hybridized carbons (Fsp3) is 0.118. The Morgan fingerprint density at radius 1 is 1.23 bits per heavy atom. The van der Waals surface area contributed by atoms with Gasteiger partial charge in [-0.05, 0) is 42.7 Å². The average Bonchev–Trinajstić information content (AvgIpc) is 2.96. The van der Waals surface area contributed by atoms with Crippen molar-refractivity contribution < 1.29 is 9.53 Å². The summed E-state index contributed by atoms with van der Waals surface area (Å²) in [5.41, 5.74) is 3.52. The highest BCUT2D eigenvalue weighted by Gasteiger charge is 2.10. The van der Waals surface area contributed by atoms with Crippen LogP contribution in [0, 0.1) is 18.8 Å². The number of benzene rings is 1. The molecule has 0 saturated heterocycles. The fourth-order valence-corrected chi connectivity index (χ4v) is 2.15. The molecule has 22 heavy (non-hydrogen) atoms. The van der Waals surface area contributed by atoms with E-state index in [1.807, 2.05) is 25.1 Å². The lowest BCUT2D eigenvalue weighted by Crippen LogP contribution is -2.04. The van der Waals surface area contributed by atoms with Crippen molar-refractivity contribution in [3.05, 3.63) is 65.1 Å². The zero-order valence-corrected chi connectivity index (χ0v) is 12.2. The van der Waals surface area contributed by atoms with E-state index < -0.39 is 0 Å². The summed E-state index contributed by atoms with van der Waals surface area (Å²) in [5.74, 6) is 5.75. The highest BCUT2D eigenvalue weighted by molar-refractivity contribution is 5.91. The molecule has 0 saturated carbocycles. The first-order valence-electron chi connectivity index (χ1n) is 6.69. The van der Waals surface area contributed by atoms with Gasteiger partial charge in [0.15, 0.2) is 5.65 Å². The van der Waals surface area contributed by atoms with Gasteiger partial charge >= 0.3 is 5.97 Å². The van der Waals surface area contributed by atoms with Gasteiger partial charge in [0.25, 0.3) is 0 Å². The second kappa shape index (κ2) is 5.70. The van der Waals surface area contributed by atoms with Crippen molar-refractivity contribution in [1.82, 2.24) is 14.6 Å². The summed E-state index contributed by atoms with van der Waals surface area (Å²) in [4.78, 5) is 15.9. The van der Waals surface area contributed by atoms with E-state index in [0.29, 0.717) is 11.3 Å².